The van der Waals surface area contributed by atoms with Gasteiger partial charge in [-0.3, -0.25) is 0 Å². The van der Waals surface area contributed by atoms with Crippen LogP contribution >= 0.6 is 43.2 Å². The molecular weight excluding hydrogens is 360 g/mol. The normalized spacial score (nSPS) is 12.7. The zero-order valence-corrected chi connectivity index (χ0v) is 13.8. The van der Waals surface area contributed by atoms with Gasteiger partial charge in [0.1, 0.15) is 0 Å². The standard InChI is InChI=1S/C14H14Br2S/c1-3-11-6-7-13(17-11)14(16)12-8-10(15)5-4-9(12)2/h4-8,14H,3H2,1-2H3. The number of halogens is 2. The van der Waals surface area contributed by atoms with E-state index in [0.29, 0.717) is 4.83 Å². The molecular formula is C14H14Br2S. The number of alkyl halides is 1. The second-order valence-corrected chi connectivity index (χ2v) is 7.05. The fourth-order valence-corrected chi connectivity index (χ4v) is 4.01. The highest BCUT2D eigenvalue weighted by molar-refractivity contribution is 9.10. The molecule has 0 bridgehead atoms. The van der Waals surface area contributed by atoms with Gasteiger partial charge in [0, 0.05) is 14.2 Å². The Morgan fingerprint density at radius 2 is 2.00 bits per heavy atom. The summed E-state index contributed by atoms with van der Waals surface area (Å²) < 4.78 is 1.13. The van der Waals surface area contributed by atoms with E-state index in [0.717, 1.165) is 10.9 Å². The predicted octanol–water partition coefficient (Wildman–Crippen LogP) is 5.87. The Morgan fingerprint density at radius 3 is 2.65 bits per heavy atom. The molecule has 2 aromatic rings. The van der Waals surface area contributed by atoms with Gasteiger partial charge in [0.15, 0.2) is 0 Å². The smallest absolute Gasteiger partial charge is 0.0741 e. The molecule has 3 heteroatoms. The number of hydrogen-bond donors (Lipinski definition) is 0. The first-order valence-electron chi connectivity index (χ1n) is 5.60. The minimum atomic E-state index is 0.297. The van der Waals surface area contributed by atoms with Gasteiger partial charge in [-0.1, -0.05) is 44.8 Å². The third kappa shape index (κ3) is 3.01. The maximum atomic E-state index is 3.81. The number of thiophene rings is 1. The average Bonchev–Trinajstić information content (AvgIpc) is 2.80. The lowest BCUT2D eigenvalue weighted by atomic mass is 10.1. The van der Waals surface area contributed by atoms with Gasteiger partial charge in [-0.05, 0) is 48.7 Å². The fourth-order valence-electron chi connectivity index (χ4n) is 1.76. The van der Waals surface area contributed by atoms with Crippen LogP contribution in [0.2, 0.25) is 0 Å². The summed E-state index contributed by atoms with van der Waals surface area (Å²) in [6.07, 6.45) is 1.11. The minimum Gasteiger partial charge on any atom is -0.144 e. The molecule has 0 aliphatic heterocycles. The largest absolute Gasteiger partial charge is 0.144 e. The summed E-state index contributed by atoms with van der Waals surface area (Å²) >= 11 is 9.24. The minimum absolute atomic E-state index is 0.297. The molecule has 90 valence electrons. The maximum absolute atomic E-state index is 3.81. The molecule has 0 aliphatic carbocycles. The second-order valence-electron chi connectivity index (χ2n) is 4.02. The predicted molar refractivity (Wildman–Crippen MR) is 83.3 cm³/mol. The Kier molecular flexibility index (Phi) is 4.45. The highest BCUT2D eigenvalue weighted by Gasteiger charge is 2.15. The topological polar surface area (TPSA) is 0 Å². The van der Waals surface area contributed by atoms with Crippen molar-refractivity contribution in [3.05, 3.63) is 55.7 Å². The first kappa shape index (κ1) is 13.3. The van der Waals surface area contributed by atoms with Crippen LogP contribution in [-0.4, -0.2) is 0 Å². The van der Waals surface area contributed by atoms with Crippen LogP contribution in [0.15, 0.2) is 34.8 Å². The van der Waals surface area contributed by atoms with Crippen molar-refractivity contribution in [2.75, 3.05) is 0 Å². The molecule has 1 aromatic heterocycles. The van der Waals surface area contributed by atoms with Gasteiger partial charge in [0.2, 0.25) is 0 Å². The van der Waals surface area contributed by atoms with Gasteiger partial charge in [-0.2, -0.15) is 0 Å². The molecule has 0 fully saturated rings. The van der Waals surface area contributed by atoms with E-state index in [-0.39, 0.29) is 0 Å². The molecule has 0 radical (unpaired) electrons. The molecule has 0 aliphatic rings. The van der Waals surface area contributed by atoms with Crippen molar-refractivity contribution in [2.45, 2.75) is 25.1 Å². The van der Waals surface area contributed by atoms with Crippen molar-refractivity contribution in [3.8, 4) is 0 Å². The van der Waals surface area contributed by atoms with Gasteiger partial charge in [-0.25, -0.2) is 0 Å². The summed E-state index contributed by atoms with van der Waals surface area (Å²) in [7, 11) is 0. The van der Waals surface area contributed by atoms with E-state index in [9.17, 15) is 0 Å². The molecule has 1 unspecified atom stereocenters. The number of hydrogen-bond acceptors (Lipinski definition) is 1. The summed E-state index contributed by atoms with van der Waals surface area (Å²) in [5.74, 6) is 0. The Hall–Kier alpha value is -0.120. The van der Waals surface area contributed by atoms with Crippen LogP contribution in [0.25, 0.3) is 0 Å². The van der Waals surface area contributed by atoms with E-state index in [1.54, 1.807) is 0 Å². The van der Waals surface area contributed by atoms with E-state index < -0.39 is 0 Å². The summed E-state index contributed by atoms with van der Waals surface area (Å²) in [5.41, 5.74) is 2.66. The van der Waals surface area contributed by atoms with E-state index >= 15 is 0 Å². The highest BCUT2D eigenvalue weighted by Crippen LogP contribution is 2.37. The maximum Gasteiger partial charge on any atom is 0.0741 e. The van der Waals surface area contributed by atoms with Crippen molar-refractivity contribution in [2.24, 2.45) is 0 Å². The van der Waals surface area contributed by atoms with E-state index in [4.69, 9.17) is 0 Å². The van der Waals surface area contributed by atoms with E-state index in [1.807, 2.05) is 11.3 Å². The first-order chi connectivity index (χ1) is 8.11. The molecule has 0 nitrogen and oxygen atoms in total. The molecule has 0 N–H and O–H groups in total. The number of benzene rings is 1. The fraction of sp³-hybridized carbons (Fsp3) is 0.286. The highest BCUT2D eigenvalue weighted by atomic mass is 79.9. The number of aryl methyl sites for hydroxylation is 2. The molecule has 0 saturated heterocycles. The third-order valence-electron chi connectivity index (χ3n) is 2.80. The molecule has 17 heavy (non-hydrogen) atoms. The Morgan fingerprint density at radius 1 is 1.24 bits per heavy atom. The van der Waals surface area contributed by atoms with Crippen molar-refractivity contribution in [1.29, 1.82) is 0 Å². The van der Waals surface area contributed by atoms with Crippen LogP contribution in [0.4, 0.5) is 0 Å². The first-order valence-corrected chi connectivity index (χ1v) is 8.13. The van der Waals surface area contributed by atoms with Crippen molar-refractivity contribution in [3.63, 3.8) is 0 Å². The van der Waals surface area contributed by atoms with Crippen molar-refractivity contribution in [1.82, 2.24) is 0 Å². The van der Waals surface area contributed by atoms with Crippen LogP contribution in [-0.2, 0) is 6.42 Å². The lowest BCUT2D eigenvalue weighted by molar-refractivity contribution is 1.17. The lowest BCUT2D eigenvalue weighted by Gasteiger charge is -2.12. The van der Waals surface area contributed by atoms with Crippen LogP contribution < -0.4 is 0 Å². The Labute approximate surface area is 123 Å². The SMILES string of the molecule is CCc1ccc(C(Br)c2cc(Br)ccc2C)s1. The Balaban J connectivity index is 2.35. The third-order valence-corrected chi connectivity index (χ3v) is 5.87. The zero-order chi connectivity index (χ0) is 12.4. The number of rotatable bonds is 3. The van der Waals surface area contributed by atoms with Gasteiger partial charge in [0.05, 0.1) is 4.83 Å². The molecule has 1 heterocycles. The van der Waals surface area contributed by atoms with Crippen LogP contribution in [0, 0.1) is 6.92 Å². The van der Waals surface area contributed by atoms with Crippen LogP contribution in [0.3, 0.4) is 0 Å². The molecule has 0 amide bonds. The summed E-state index contributed by atoms with van der Waals surface area (Å²) in [4.78, 5) is 3.12. The van der Waals surface area contributed by atoms with Gasteiger partial charge >= 0.3 is 0 Å². The van der Waals surface area contributed by atoms with Gasteiger partial charge < -0.3 is 0 Å². The quantitative estimate of drug-likeness (QED) is 0.590. The van der Waals surface area contributed by atoms with Crippen molar-refractivity contribution >= 4 is 43.2 Å². The lowest BCUT2D eigenvalue weighted by Crippen LogP contribution is -1.93. The molecule has 1 atom stereocenters. The zero-order valence-electron chi connectivity index (χ0n) is 9.84. The van der Waals surface area contributed by atoms with E-state index in [2.05, 4.69) is 76.0 Å². The summed E-state index contributed by atoms with van der Waals surface area (Å²) in [6, 6.07) is 10.9. The average molecular weight is 374 g/mol. The van der Waals surface area contributed by atoms with E-state index in [1.165, 1.54) is 20.9 Å². The van der Waals surface area contributed by atoms with Crippen LogP contribution in [0.5, 0.6) is 0 Å². The molecule has 0 spiro atoms. The monoisotopic (exact) mass is 372 g/mol. The molecule has 0 saturated carbocycles. The Bertz CT molecular complexity index is 517. The van der Waals surface area contributed by atoms with Gasteiger partial charge in [0.25, 0.3) is 0 Å². The van der Waals surface area contributed by atoms with Crippen molar-refractivity contribution < 1.29 is 0 Å². The van der Waals surface area contributed by atoms with Gasteiger partial charge in [-0.15, -0.1) is 11.3 Å². The molecule has 2 rings (SSSR count). The summed E-state index contributed by atoms with van der Waals surface area (Å²) in [5, 5.41) is 0. The second kappa shape index (κ2) is 5.68. The van der Waals surface area contributed by atoms with Crippen LogP contribution in [0.1, 0.15) is 32.6 Å². The summed E-state index contributed by atoms with van der Waals surface area (Å²) in [6.45, 7) is 4.35. The molecule has 1 aromatic carbocycles.